The molecule has 0 spiro atoms. The normalized spacial score (nSPS) is 9.31. The molecule has 0 aliphatic carbocycles. The molecule has 68 valence electrons. The molecule has 0 atom stereocenters. The van der Waals surface area contributed by atoms with E-state index in [0.717, 1.165) is 5.56 Å². The molecule has 0 saturated carbocycles. The van der Waals surface area contributed by atoms with E-state index in [4.69, 9.17) is 0 Å². The first-order valence-electron chi connectivity index (χ1n) is 4.28. The summed E-state index contributed by atoms with van der Waals surface area (Å²) in [5, 5.41) is 2.73. The van der Waals surface area contributed by atoms with Gasteiger partial charge in [-0.05, 0) is 24.6 Å². The molecule has 1 amide bonds. The van der Waals surface area contributed by atoms with E-state index in [1.54, 1.807) is 18.2 Å². The van der Waals surface area contributed by atoms with Crippen LogP contribution in [0.1, 0.15) is 22.8 Å². The number of nitrogens with one attached hydrogen (secondary N) is 1. The predicted molar refractivity (Wildman–Crippen MR) is 54.5 cm³/mol. The number of carbonyl (C=O) groups is 1. The van der Waals surface area contributed by atoms with Gasteiger partial charge in [-0.2, -0.15) is 0 Å². The van der Waals surface area contributed by atoms with Crippen molar-refractivity contribution < 1.29 is 4.79 Å². The highest BCUT2D eigenvalue weighted by atomic mass is 16.1. The van der Waals surface area contributed by atoms with Crippen LogP contribution < -0.4 is 5.32 Å². The van der Waals surface area contributed by atoms with Crippen LogP contribution in [0, 0.1) is 0 Å². The van der Waals surface area contributed by atoms with E-state index >= 15 is 0 Å². The van der Waals surface area contributed by atoms with Gasteiger partial charge in [-0.25, -0.2) is 0 Å². The average molecular weight is 175 g/mol. The number of amides is 1. The molecule has 0 unspecified atom stereocenters. The SMILES string of the molecule is C=Cc1ccc(C(=O)NCC)cc1. The van der Waals surface area contributed by atoms with Gasteiger partial charge in [0.1, 0.15) is 0 Å². The number of rotatable bonds is 3. The van der Waals surface area contributed by atoms with Crippen LogP contribution in [-0.4, -0.2) is 12.5 Å². The Morgan fingerprint density at radius 2 is 2.08 bits per heavy atom. The van der Waals surface area contributed by atoms with Crippen LogP contribution in [0.15, 0.2) is 30.8 Å². The first kappa shape index (κ1) is 9.52. The Labute approximate surface area is 78.3 Å². The molecular weight excluding hydrogens is 162 g/mol. The first-order chi connectivity index (χ1) is 6.27. The van der Waals surface area contributed by atoms with Crippen molar-refractivity contribution in [3.05, 3.63) is 42.0 Å². The van der Waals surface area contributed by atoms with Gasteiger partial charge in [-0.1, -0.05) is 24.8 Å². The molecule has 2 heteroatoms. The Morgan fingerprint density at radius 3 is 2.54 bits per heavy atom. The molecule has 1 aromatic rings. The van der Waals surface area contributed by atoms with Gasteiger partial charge in [-0.15, -0.1) is 0 Å². The standard InChI is InChI=1S/C11H13NO/c1-3-9-5-7-10(8-6-9)11(13)12-4-2/h3,5-8H,1,4H2,2H3,(H,12,13). The third-order valence-electron chi connectivity index (χ3n) is 1.75. The third kappa shape index (κ3) is 2.44. The van der Waals surface area contributed by atoms with Gasteiger partial charge >= 0.3 is 0 Å². The summed E-state index contributed by atoms with van der Waals surface area (Å²) in [6.07, 6.45) is 1.75. The summed E-state index contributed by atoms with van der Waals surface area (Å²) in [7, 11) is 0. The summed E-state index contributed by atoms with van der Waals surface area (Å²) in [6.45, 7) is 6.19. The van der Waals surface area contributed by atoms with E-state index < -0.39 is 0 Å². The first-order valence-corrected chi connectivity index (χ1v) is 4.28. The molecule has 0 radical (unpaired) electrons. The molecule has 13 heavy (non-hydrogen) atoms. The van der Waals surface area contributed by atoms with E-state index in [9.17, 15) is 4.79 Å². The Hall–Kier alpha value is -1.57. The van der Waals surface area contributed by atoms with Gasteiger partial charge in [0.2, 0.25) is 0 Å². The minimum atomic E-state index is -0.0295. The van der Waals surface area contributed by atoms with Gasteiger partial charge in [0.25, 0.3) is 5.91 Å². The van der Waals surface area contributed by atoms with Gasteiger partial charge in [0, 0.05) is 12.1 Å². The Balaban J connectivity index is 2.79. The summed E-state index contributed by atoms with van der Waals surface area (Å²) >= 11 is 0. The smallest absolute Gasteiger partial charge is 0.251 e. The van der Waals surface area contributed by atoms with Crippen molar-refractivity contribution in [3.8, 4) is 0 Å². The highest BCUT2D eigenvalue weighted by molar-refractivity contribution is 5.94. The molecule has 0 aromatic heterocycles. The summed E-state index contributed by atoms with van der Waals surface area (Å²) in [6, 6.07) is 7.33. The molecule has 1 rings (SSSR count). The molecule has 0 saturated heterocycles. The second-order valence-corrected chi connectivity index (χ2v) is 2.69. The van der Waals surface area contributed by atoms with Crippen LogP contribution in [0.25, 0.3) is 6.08 Å². The van der Waals surface area contributed by atoms with Crippen LogP contribution in [0.3, 0.4) is 0 Å². The lowest BCUT2D eigenvalue weighted by Crippen LogP contribution is -2.22. The highest BCUT2D eigenvalue weighted by Crippen LogP contribution is 2.04. The monoisotopic (exact) mass is 175 g/mol. The number of carbonyl (C=O) groups excluding carboxylic acids is 1. The van der Waals surface area contributed by atoms with E-state index in [-0.39, 0.29) is 5.91 Å². The highest BCUT2D eigenvalue weighted by Gasteiger charge is 2.01. The Kier molecular flexibility index (Phi) is 3.26. The van der Waals surface area contributed by atoms with Crippen molar-refractivity contribution in [1.82, 2.24) is 5.32 Å². The lowest BCUT2D eigenvalue weighted by molar-refractivity contribution is 0.0956. The molecule has 0 heterocycles. The maximum atomic E-state index is 11.3. The number of hydrogen-bond donors (Lipinski definition) is 1. The maximum Gasteiger partial charge on any atom is 0.251 e. The van der Waals surface area contributed by atoms with E-state index in [1.165, 1.54) is 0 Å². The molecular formula is C11H13NO. The zero-order valence-corrected chi connectivity index (χ0v) is 7.71. The summed E-state index contributed by atoms with van der Waals surface area (Å²) in [5.41, 5.74) is 1.71. The molecule has 1 N–H and O–H groups in total. The number of benzene rings is 1. The molecule has 1 aromatic carbocycles. The van der Waals surface area contributed by atoms with Gasteiger partial charge < -0.3 is 5.32 Å². The summed E-state index contributed by atoms with van der Waals surface area (Å²) < 4.78 is 0. The molecule has 0 fully saturated rings. The minimum absolute atomic E-state index is 0.0295. The van der Waals surface area contributed by atoms with Crippen LogP contribution >= 0.6 is 0 Å². The fourth-order valence-corrected chi connectivity index (χ4v) is 1.03. The van der Waals surface area contributed by atoms with Gasteiger partial charge in [0.15, 0.2) is 0 Å². The lowest BCUT2D eigenvalue weighted by Gasteiger charge is -2.01. The van der Waals surface area contributed by atoms with Gasteiger partial charge in [0.05, 0.1) is 0 Å². The summed E-state index contributed by atoms with van der Waals surface area (Å²) in [5.74, 6) is -0.0295. The Morgan fingerprint density at radius 1 is 1.46 bits per heavy atom. The maximum absolute atomic E-state index is 11.3. The van der Waals surface area contributed by atoms with Crippen molar-refractivity contribution in [2.24, 2.45) is 0 Å². The van der Waals surface area contributed by atoms with E-state index in [2.05, 4.69) is 11.9 Å². The lowest BCUT2D eigenvalue weighted by atomic mass is 10.1. The minimum Gasteiger partial charge on any atom is -0.352 e. The zero-order valence-electron chi connectivity index (χ0n) is 7.71. The van der Waals surface area contributed by atoms with Crippen LogP contribution in [0.5, 0.6) is 0 Å². The predicted octanol–water partition coefficient (Wildman–Crippen LogP) is 2.08. The largest absolute Gasteiger partial charge is 0.352 e. The summed E-state index contributed by atoms with van der Waals surface area (Å²) in [4.78, 5) is 11.3. The average Bonchev–Trinajstić information content (AvgIpc) is 2.18. The van der Waals surface area contributed by atoms with Crippen LogP contribution in [-0.2, 0) is 0 Å². The van der Waals surface area contributed by atoms with Crippen molar-refractivity contribution in [2.45, 2.75) is 6.92 Å². The van der Waals surface area contributed by atoms with Crippen molar-refractivity contribution >= 4 is 12.0 Å². The number of hydrogen-bond acceptors (Lipinski definition) is 1. The Bertz CT molecular complexity index is 300. The third-order valence-corrected chi connectivity index (χ3v) is 1.75. The van der Waals surface area contributed by atoms with Crippen molar-refractivity contribution in [1.29, 1.82) is 0 Å². The molecule has 0 aliphatic rings. The van der Waals surface area contributed by atoms with E-state index in [0.29, 0.717) is 12.1 Å². The van der Waals surface area contributed by atoms with Crippen LogP contribution in [0.4, 0.5) is 0 Å². The fraction of sp³-hybridized carbons (Fsp3) is 0.182. The van der Waals surface area contributed by atoms with E-state index in [1.807, 2.05) is 19.1 Å². The second-order valence-electron chi connectivity index (χ2n) is 2.69. The quantitative estimate of drug-likeness (QED) is 0.748. The fourth-order valence-electron chi connectivity index (χ4n) is 1.03. The zero-order chi connectivity index (χ0) is 9.68. The van der Waals surface area contributed by atoms with Crippen LogP contribution in [0.2, 0.25) is 0 Å². The molecule has 0 bridgehead atoms. The second kappa shape index (κ2) is 4.45. The topological polar surface area (TPSA) is 29.1 Å². The molecule has 2 nitrogen and oxygen atoms in total. The van der Waals surface area contributed by atoms with Gasteiger partial charge in [-0.3, -0.25) is 4.79 Å². The van der Waals surface area contributed by atoms with Crippen molar-refractivity contribution in [2.75, 3.05) is 6.54 Å². The molecule has 0 aliphatic heterocycles. The van der Waals surface area contributed by atoms with Crippen molar-refractivity contribution in [3.63, 3.8) is 0 Å².